The number of nitrogens with one attached hydrogen (secondary N) is 1. The smallest absolute Gasteiger partial charge is 0.475 e. The lowest BCUT2D eigenvalue weighted by molar-refractivity contribution is -0.192. The van der Waals surface area contributed by atoms with Gasteiger partial charge in [-0.05, 0) is 6.92 Å². The van der Waals surface area contributed by atoms with E-state index >= 15 is 0 Å². The van der Waals surface area contributed by atoms with E-state index in [0.717, 1.165) is 16.7 Å². The number of aliphatic carboxylic acids is 1. The van der Waals surface area contributed by atoms with Crippen molar-refractivity contribution < 1.29 is 31.9 Å². The Morgan fingerprint density at radius 3 is 2.33 bits per heavy atom. The number of hydrogen-bond acceptors (Lipinski definition) is 7. The number of hydrogen-bond donors (Lipinski definition) is 3. The first-order valence-corrected chi connectivity index (χ1v) is 9.02. The number of alkyl halides is 3. The second kappa shape index (κ2) is 10.6. The molecule has 0 atom stereocenters. The average Bonchev–Trinajstić information content (AvgIpc) is 3.38. The summed E-state index contributed by atoms with van der Waals surface area (Å²) in [6.45, 7) is 2.35. The first-order chi connectivity index (χ1) is 15.5. The third-order valence-electron chi connectivity index (χ3n) is 3.99. The summed E-state index contributed by atoms with van der Waals surface area (Å²) < 4.78 is 60.2. The van der Waals surface area contributed by atoms with Gasteiger partial charge in [-0.2, -0.15) is 32.1 Å². The Balaban J connectivity index is 0.000000479. The Kier molecular flexibility index (Phi) is 8.11. The minimum absolute atomic E-state index is 0.0732. The second-order valence-corrected chi connectivity index (χ2v) is 6.17. The van der Waals surface area contributed by atoms with Crippen molar-refractivity contribution in [3.63, 3.8) is 0 Å². The van der Waals surface area contributed by atoms with Crippen molar-refractivity contribution in [2.75, 3.05) is 6.54 Å². The molecular formula is C17H17F5N8O3. The van der Waals surface area contributed by atoms with Crippen molar-refractivity contribution in [1.29, 1.82) is 0 Å². The SMILES string of the molecule is CCn1cc(-c2cnc(-n3c(CC(CN)=C(F)F)n[nH]c3=O)cn2)cn1.O=C(O)C(F)(F)F. The van der Waals surface area contributed by atoms with E-state index in [1.807, 2.05) is 13.1 Å². The zero-order valence-corrected chi connectivity index (χ0v) is 16.8. The number of nitrogens with zero attached hydrogens (tertiary/aromatic N) is 6. The van der Waals surface area contributed by atoms with Crippen LogP contribution in [-0.2, 0) is 17.8 Å². The van der Waals surface area contributed by atoms with Crippen molar-refractivity contribution in [2.45, 2.75) is 26.1 Å². The van der Waals surface area contributed by atoms with Crippen LogP contribution in [0, 0.1) is 0 Å². The number of halogens is 5. The number of rotatable bonds is 6. The monoisotopic (exact) mass is 476 g/mol. The number of carbonyl (C=O) groups is 1. The molecule has 0 aliphatic heterocycles. The van der Waals surface area contributed by atoms with E-state index in [9.17, 15) is 26.7 Å². The molecule has 3 aromatic heterocycles. The Morgan fingerprint density at radius 2 is 1.88 bits per heavy atom. The maximum absolute atomic E-state index is 12.8. The highest BCUT2D eigenvalue weighted by molar-refractivity contribution is 5.73. The van der Waals surface area contributed by atoms with Gasteiger partial charge in [0, 0.05) is 36.8 Å². The Bertz CT molecular complexity index is 1180. The first kappa shape index (κ1) is 25.3. The van der Waals surface area contributed by atoms with Crippen LogP contribution in [-0.4, -0.2) is 58.3 Å². The van der Waals surface area contributed by atoms with Crippen LogP contribution in [0.4, 0.5) is 22.0 Å². The highest BCUT2D eigenvalue weighted by Crippen LogP contribution is 2.17. The van der Waals surface area contributed by atoms with Crippen molar-refractivity contribution >= 4 is 5.97 Å². The molecule has 0 bridgehead atoms. The van der Waals surface area contributed by atoms with Gasteiger partial charge in [0.15, 0.2) is 5.82 Å². The van der Waals surface area contributed by atoms with Gasteiger partial charge < -0.3 is 10.8 Å². The molecular weight excluding hydrogens is 459 g/mol. The van der Waals surface area contributed by atoms with Crippen LogP contribution in [0.2, 0.25) is 0 Å². The zero-order chi connectivity index (χ0) is 24.8. The molecule has 3 rings (SSSR count). The van der Waals surface area contributed by atoms with Crippen LogP contribution < -0.4 is 11.4 Å². The molecule has 33 heavy (non-hydrogen) atoms. The topological polar surface area (TPSA) is 158 Å². The highest BCUT2D eigenvalue weighted by atomic mass is 19.4. The molecule has 4 N–H and O–H groups in total. The van der Waals surface area contributed by atoms with Crippen LogP contribution in [0.25, 0.3) is 17.1 Å². The van der Waals surface area contributed by atoms with E-state index in [1.54, 1.807) is 10.9 Å². The molecule has 3 heterocycles. The Labute approximate surface area is 181 Å². The molecule has 0 unspecified atom stereocenters. The summed E-state index contributed by atoms with van der Waals surface area (Å²) in [6.07, 6.45) is -0.915. The molecule has 0 fully saturated rings. The van der Waals surface area contributed by atoms with Crippen LogP contribution in [0.5, 0.6) is 0 Å². The maximum atomic E-state index is 12.8. The summed E-state index contributed by atoms with van der Waals surface area (Å²) in [7, 11) is 0. The van der Waals surface area contributed by atoms with Gasteiger partial charge >= 0.3 is 17.8 Å². The maximum Gasteiger partial charge on any atom is 0.490 e. The normalized spacial score (nSPS) is 11.0. The van der Waals surface area contributed by atoms with Gasteiger partial charge in [0.2, 0.25) is 0 Å². The molecule has 0 amide bonds. The molecule has 11 nitrogen and oxygen atoms in total. The fourth-order valence-electron chi connectivity index (χ4n) is 2.35. The Morgan fingerprint density at radius 1 is 1.21 bits per heavy atom. The summed E-state index contributed by atoms with van der Waals surface area (Å²) in [5.41, 5.74) is 5.76. The fraction of sp³-hybridized carbons (Fsp3) is 0.294. The van der Waals surface area contributed by atoms with Crippen LogP contribution in [0.15, 0.2) is 41.2 Å². The molecule has 0 aromatic carbocycles. The standard InChI is InChI=1S/C15H16F2N8O.C2HF3O2/c1-2-24-8-10(5-21-24)11-6-20-13(7-19-11)25-12(22-23-15(25)26)3-9(4-18)14(16)17;3-2(4,5)1(6)7/h5-8H,2-4,18H2,1H3,(H,23,26);(H,6,7). The van der Waals surface area contributed by atoms with Gasteiger partial charge in [-0.15, -0.1) is 0 Å². The molecule has 0 radical (unpaired) electrons. The molecule has 0 saturated heterocycles. The summed E-state index contributed by atoms with van der Waals surface area (Å²) in [4.78, 5) is 29.4. The zero-order valence-electron chi connectivity index (χ0n) is 16.8. The minimum atomic E-state index is -5.08. The van der Waals surface area contributed by atoms with Gasteiger partial charge in [0.25, 0.3) is 6.08 Å². The minimum Gasteiger partial charge on any atom is -0.475 e. The van der Waals surface area contributed by atoms with Crippen molar-refractivity contribution in [3.8, 4) is 17.1 Å². The largest absolute Gasteiger partial charge is 0.490 e. The highest BCUT2D eigenvalue weighted by Gasteiger charge is 2.38. The predicted molar refractivity (Wildman–Crippen MR) is 102 cm³/mol. The lowest BCUT2D eigenvalue weighted by Gasteiger charge is -2.06. The summed E-state index contributed by atoms with van der Waals surface area (Å²) in [6, 6.07) is 0. The second-order valence-electron chi connectivity index (χ2n) is 6.17. The van der Waals surface area contributed by atoms with Gasteiger partial charge in [-0.25, -0.2) is 24.2 Å². The number of carboxylic acids is 1. The van der Waals surface area contributed by atoms with E-state index in [2.05, 4.69) is 25.3 Å². The van der Waals surface area contributed by atoms with Crippen LogP contribution >= 0.6 is 0 Å². The quantitative estimate of drug-likeness (QED) is 0.452. The fourth-order valence-corrected chi connectivity index (χ4v) is 2.35. The van der Waals surface area contributed by atoms with E-state index in [1.165, 1.54) is 12.4 Å². The van der Waals surface area contributed by atoms with Crippen molar-refractivity contribution in [1.82, 2.24) is 34.5 Å². The Hall–Kier alpha value is -3.95. The van der Waals surface area contributed by atoms with E-state index in [0.29, 0.717) is 5.69 Å². The number of H-pyrrole nitrogens is 1. The van der Waals surface area contributed by atoms with Gasteiger partial charge in [-0.3, -0.25) is 9.67 Å². The van der Waals surface area contributed by atoms with Gasteiger partial charge in [0.1, 0.15) is 5.82 Å². The number of nitrogens with two attached hydrogens (primary N) is 1. The van der Waals surface area contributed by atoms with Crippen molar-refractivity contribution in [2.24, 2.45) is 5.73 Å². The average molecular weight is 476 g/mol. The number of aromatic amines is 1. The summed E-state index contributed by atoms with van der Waals surface area (Å²) >= 11 is 0. The molecule has 0 spiro atoms. The number of carboxylic acid groups (broad SMARTS) is 1. The van der Waals surface area contributed by atoms with Crippen LogP contribution in [0.3, 0.4) is 0 Å². The molecule has 3 aromatic rings. The molecule has 0 aliphatic rings. The van der Waals surface area contributed by atoms with Crippen molar-refractivity contribution in [3.05, 3.63) is 52.7 Å². The van der Waals surface area contributed by atoms with Gasteiger partial charge in [0.05, 0.1) is 24.3 Å². The number of aryl methyl sites for hydroxylation is 1. The predicted octanol–water partition coefficient (Wildman–Crippen LogP) is 1.52. The molecule has 178 valence electrons. The molecule has 0 saturated carbocycles. The van der Waals surface area contributed by atoms with Crippen LogP contribution in [0.1, 0.15) is 12.7 Å². The van der Waals surface area contributed by atoms with Gasteiger partial charge in [-0.1, -0.05) is 0 Å². The molecule has 0 aliphatic carbocycles. The summed E-state index contributed by atoms with van der Waals surface area (Å²) in [5.74, 6) is -2.52. The van der Waals surface area contributed by atoms with E-state index in [4.69, 9.17) is 15.6 Å². The summed E-state index contributed by atoms with van der Waals surface area (Å²) in [5, 5.41) is 17.3. The third-order valence-corrected chi connectivity index (χ3v) is 3.99. The number of aromatic nitrogens is 7. The first-order valence-electron chi connectivity index (χ1n) is 9.02. The molecule has 16 heteroatoms. The third kappa shape index (κ3) is 6.52. The lowest BCUT2D eigenvalue weighted by atomic mass is 10.2. The van der Waals surface area contributed by atoms with E-state index in [-0.39, 0.29) is 30.2 Å². The lowest BCUT2D eigenvalue weighted by Crippen LogP contribution is -2.21. The van der Waals surface area contributed by atoms with E-state index < -0.39 is 23.9 Å².